The molecule has 0 saturated carbocycles. The molecule has 0 aromatic rings. The van der Waals surface area contributed by atoms with E-state index in [0.29, 0.717) is 6.42 Å². The van der Waals surface area contributed by atoms with E-state index in [-0.39, 0.29) is 0 Å². The van der Waals surface area contributed by atoms with Crippen LogP contribution in [-0.2, 0) is 0 Å². The lowest BCUT2D eigenvalue weighted by atomic mass is 10.2. The average molecular weight is 132 g/mol. The van der Waals surface area contributed by atoms with Crippen molar-refractivity contribution in [1.82, 2.24) is 5.32 Å². The number of rotatable bonds is 1. The molecular weight excluding hydrogens is 124 g/mol. The molecule has 0 aromatic carbocycles. The first-order valence-electron chi connectivity index (χ1n) is 3.03. The van der Waals surface area contributed by atoms with Crippen molar-refractivity contribution < 1.29 is 0 Å². The fourth-order valence-corrected chi connectivity index (χ4v) is 0.758. The quantitative estimate of drug-likeness (QED) is 0.586. The maximum Gasteiger partial charge on any atom is 0.0752 e. The molecule has 0 atom stereocenters. The smallest absolute Gasteiger partial charge is 0.0752 e. The summed E-state index contributed by atoms with van der Waals surface area (Å²) in [5, 5.41) is 11.3. The Morgan fingerprint density at radius 1 is 1.70 bits per heavy atom. The minimum atomic E-state index is 0.420. The van der Waals surface area contributed by atoms with Gasteiger partial charge < -0.3 is 5.32 Å². The summed E-state index contributed by atoms with van der Waals surface area (Å²) in [4.78, 5) is 0. The van der Waals surface area contributed by atoms with Gasteiger partial charge in [-0.3, -0.25) is 0 Å². The molecule has 0 fully saturated rings. The van der Waals surface area contributed by atoms with Crippen molar-refractivity contribution in [3.05, 3.63) is 36.2 Å². The molecule has 0 amide bonds. The molecule has 0 saturated heterocycles. The van der Waals surface area contributed by atoms with E-state index in [0.717, 1.165) is 11.4 Å². The number of hydrogen-bond acceptors (Lipinski definition) is 2. The average Bonchev–Trinajstić information content (AvgIpc) is 1.88. The van der Waals surface area contributed by atoms with Crippen LogP contribution in [0.15, 0.2) is 36.2 Å². The van der Waals surface area contributed by atoms with E-state index in [2.05, 4.69) is 18.0 Å². The van der Waals surface area contributed by atoms with Crippen molar-refractivity contribution in [1.29, 1.82) is 5.26 Å². The van der Waals surface area contributed by atoms with Crippen LogP contribution in [0.1, 0.15) is 6.42 Å². The number of hydrogen-bond donors (Lipinski definition) is 1. The molecule has 1 heterocycles. The SMILES string of the molecule is C=C1C=CC=C(CC#N)N1. The van der Waals surface area contributed by atoms with Crippen molar-refractivity contribution >= 4 is 0 Å². The van der Waals surface area contributed by atoms with Crippen LogP contribution in [0.4, 0.5) is 0 Å². The molecule has 2 heteroatoms. The summed E-state index contributed by atoms with van der Waals surface area (Å²) < 4.78 is 0. The monoisotopic (exact) mass is 132 g/mol. The summed E-state index contributed by atoms with van der Waals surface area (Å²) in [5.41, 5.74) is 1.75. The Hall–Kier alpha value is -1.49. The van der Waals surface area contributed by atoms with E-state index >= 15 is 0 Å². The standard InChI is InChI=1S/C8H8N2/c1-7-3-2-4-8(10-7)5-6-9/h2-4,10H,1,5H2. The van der Waals surface area contributed by atoms with Crippen LogP contribution in [-0.4, -0.2) is 0 Å². The van der Waals surface area contributed by atoms with Gasteiger partial charge in [0, 0.05) is 11.4 Å². The second-order valence-corrected chi connectivity index (χ2v) is 2.04. The molecule has 0 bridgehead atoms. The van der Waals surface area contributed by atoms with E-state index in [4.69, 9.17) is 5.26 Å². The minimum Gasteiger partial charge on any atom is -0.359 e. The molecule has 1 N–H and O–H groups in total. The van der Waals surface area contributed by atoms with Crippen molar-refractivity contribution in [2.75, 3.05) is 0 Å². The summed E-state index contributed by atoms with van der Waals surface area (Å²) >= 11 is 0. The Bertz CT molecular complexity index is 240. The number of nitrogens with one attached hydrogen (secondary N) is 1. The zero-order valence-electron chi connectivity index (χ0n) is 5.59. The number of nitriles is 1. The lowest BCUT2D eigenvalue weighted by Gasteiger charge is -2.09. The number of dihydropyridines is 1. The van der Waals surface area contributed by atoms with Crippen LogP contribution in [0.5, 0.6) is 0 Å². The Morgan fingerprint density at radius 3 is 3.10 bits per heavy atom. The van der Waals surface area contributed by atoms with Gasteiger partial charge in [-0.1, -0.05) is 12.7 Å². The number of allylic oxidation sites excluding steroid dienone is 4. The summed E-state index contributed by atoms with van der Waals surface area (Å²) in [6.07, 6.45) is 6.04. The second-order valence-electron chi connectivity index (χ2n) is 2.04. The van der Waals surface area contributed by atoms with Crippen molar-refractivity contribution in [2.45, 2.75) is 6.42 Å². The maximum atomic E-state index is 8.32. The van der Waals surface area contributed by atoms with Gasteiger partial charge in [0.1, 0.15) is 0 Å². The van der Waals surface area contributed by atoms with Gasteiger partial charge in [0.25, 0.3) is 0 Å². The van der Waals surface area contributed by atoms with E-state index in [1.54, 1.807) is 0 Å². The fourth-order valence-electron chi connectivity index (χ4n) is 0.758. The van der Waals surface area contributed by atoms with Crippen LogP contribution in [0.25, 0.3) is 0 Å². The van der Waals surface area contributed by atoms with Crippen molar-refractivity contribution in [2.24, 2.45) is 0 Å². The third-order valence-corrected chi connectivity index (χ3v) is 1.19. The van der Waals surface area contributed by atoms with E-state index in [9.17, 15) is 0 Å². The van der Waals surface area contributed by atoms with Crippen LogP contribution in [0.2, 0.25) is 0 Å². The van der Waals surface area contributed by atoms with Gasteiger partial charge in [-0.2, -0.15) is 5.26 Å². The highest BCUT2D eigenvalue weighted by Crippen LogP contribution is 2.05. The van der Waals surface area contributed by atoms with Gasteiger partial charge >= 0.3 is 0 Å². The molecule has 1 aliphatic heterocycles. The zero-order valence-corrected chi connectivity index (χ0v) is 5.59. The molecule has 0 unspecified atom stereocenters. The molecule has 0 radical (unpaired) electrons. The Kier molecular flexibility index (Phi) is 1.91. The molecule has 0 spiro atoms. The first-order valence-corrected chi connectivity index (χ1v) is 3.03. The minimum absolute atomic E-state index is 0.420. The highest BCUT2D eigenvalue weighted by Gasteiger charge is 1.98. The maximum absolute atomic E-state index is 8.32. The molecule has 1 aliphatic rings. The lowest BCUT2D eigenvalue weighted by molar-refractivity contribution is 0.950. The van der Waals surface area contributed by atoms with Gasteiger partial charge in [-0.25, -0.2) is 0 Å². The molecule has 1 rings (SSSR count). The summed E-state index contributed by atoms with van der Waals surface area (Å²) in [7, 11) is 0. The van der Waals surface area contributed by atoms with E-state index in [1.165, 1.54) is 0 Å². The normalized spacial score (nSPS) is 15.5. The summed E-state index contributed by atoms with van der Waals surface area (Å²) in [5.74, 6) is 0. The Balaban J connectivity index is 2.63. The third-order valence-electron chi connectivity index (χ3n) is 1.19. The van der Waals surface area contributed by atoms with Crippen LogP contribution < -0.4 is 5.32 Å². The van der Waals surface area contributed by atoms with Gasteiger partial charge in [0.15, 0.2) is 0 Å². The van der Waals surface area contributed by atoms with Crippen LogP contribution in [0.3, 0.4) is 0 Å². The van der Waals surface area contributed by atoms with Gasteiger partial charge in [0.2, 0.25) is 0 Å². The van der Waals surface area contributed by atoms with E-state index in [1.807, 2.05) is 18.2 Å². The molecule has 10 heavy (non-hydrogen) atoms. The largest absolute Gasteiger partial charge is 0.359 e. The van der Waals surface area contributed by atoms with Crippen LogP contribution in [0, 0.1) is 11.3 Å². The summed E-state index contributed by atoms with van der Waals surface area (Å²) in [6, 6.07) is 2.05. The molecular formula is C8H8N2. The summed E-state index contributed by atoms with van der Waals surface area (Å²) in [6.45, 7) is 3.70. The molecule has 50 valence electrons. The lowest BCUT2D eigenvalue weighted by Crippen LogP contribution is -2.11. The first kappa shape index (κ1) is 6.63. The van der Waals surface area contributed by atoms with E-state index < -0.39 is 0 Å². The van der Waals surface area contributed by atoms with Crippen molar-refractivity contribution in [3.8, 4) is 6.07 Å². The van der Waals surface area contributed by atoms with Gasteiger partial charge in [-0.15, -0.1) is 0 Å². The molecule has 2 nitrogen and oxygen atoms in total. The van der Waals surface area contributed by atoms with Gasteiger partial charge in [0.05, 0.1) is 12.5 Å². The molecule has 0 aliphatic carbocycles. The fraction of sp³-hybridized carbons (Fsp3) is 0.125. The Morgan fingerprint density at radius 2 is 2.50 bits per heavy atom. The third kappa shape index (κ3) is 1.49. The first-order chi connectivity index (χ1) is 4.83. The highest BCUT2D eigenvalue weighted by atomic mass is 14.9. The van der Waals surface area contributed by atoms with Crippen LogP contribution >= 0.6 is 0 Å². The second kappa shape index (κ2) is 2.88. The van der Waals surface area contributed by atoms with Gasteiger partial charge in [-0.05, 0) is 12.2 Å². The topological polar surface area (TPSA) is 35.8 Å². The highest BCUT2D eigenvalue weighted by molar-refractivity contribution is 5.30. The predicted octanol–water partition coefficient (Wildman–Crippen LogP) is 1.46. The Labute approximate surface area is 60.2 Å². The van der Waals surface area contributed by atoms with Crippen molar-refractivity contribution in [3.63, 3.8) is 0 Å². The zero-order chi connectivity index (χ0) is 7.40. The number of nitrogens with zero attached hydrogens (tertiary/aromatic N) is 1. The molecule has 0 aromatic heterocycles. The predicted molar refractivity (Wildman–Crippen MR) is 39.7 cm³/mol.